The quantitative estimate of drug-likeness (QED) is 0.473. The molecular weight excluding hydrogens is 434 g/mol. The van der Waals surface area contributed by atoms with E-state index in [0.717, 1.165) is 17.5 Å². The summed E-state index contributed by atoms with van der Waals surface area (Å²) in [6.45, 7) is 1.89. The van der Waals surface area contributed by atoms with Gasteiger partial charge in [-0.1, -0.05) is 17.7 Å². The molecule has 1 N–H and O–H groups in total. The molecule has 0 aliphatic heterocycles. The third kappa shape index (κ3) is 4.71. The third-order valence-electron chi connectivity index (χ3n) is 3.83. The van der Waals surface area contributed by atoms with Crippen LogP contribution in [0.2, 0.25) is 5.02 Å². The number of aryl methyl sites for hydroxylation is 1. The van der Waals surface area contributed by atoms with E-state index in [-0.39, 0.29) is 15.9 Å². The summed E-state index contributed by atoms with van der Waals surface area (Å²) in [6.07, 6.45) is 4.16. The number of nitrogens with zero attached hydrogens (tertiary/aromatic N) is 4. The predicted molar refractivity (Wildman–Crippen MR) is 111 cm³/mol. The van der Waals surface area contributed by atoms with Crippen LogP contribution < -0.4 is 5.32 Å². The van der Waals surface area contributed by atoms with Crippen molar-refractivity contribution >= 4 is 50.1 Å². The molecule has 8 nitrogen and oxygen atoms in total. The van der Waals surface area contributed by atoms with Crippen molar-refractivity contribution < 1.29 is 13.2 Å². The lowest BCUT2D eigenvalue weighted by atomic mass is 10.2. The highest BCUT2D eigenvalue weighted by atomic mass is 35.5. The van der Waals surface area contributed by atoms with Gasteiger partial charge in [-0.3, -0.25) is 10.1 Å². The molecule has 3 aromatic rings. The molecule has 0 unspecified atom stereocenters. The highest BCUT2D eigenvalue weighted by Crippen LogP contribution is 2.22. The predicted octanol–water partition coefficient (Wildman–Crippen LogP) is 3.24. The molecule has 0 aliphatic rings. The van der Waals surface area contributed by atoms with Crippen LogP contribution in [0.15, 0.2) is 47.3 Å². The smallest absolute Gasteiger partial charge is 0.268 e. The van der Waals surface area contributed by atoms with E-state index in [2.05, 4.69) is 14.7 Å². The van der Waals surface area contributed by atoms with Gasteiger partial charge < -0.3 is 4.57 Å². The van der Waals surface area contributed by atoms with Crippen molar-refractivity contribution in [3.8, 4) is 11.8 Å². The number of carbonyl (C=O) groups excluding carboxylic acids is 1. The van der Waals surface area contributed by atoms with Crippen LogP contribution in [0.1, 0.15) is 11.3 Å². The van der Waals surface area contributed by atoms with Crippen molar-refractivity contribution in [1.29, 1.82) is 5.26 Å². The highest BCUT2D eigenvalue weighted by Gasteiger charge is 2.18. The fraction of sp³-hybridized carbons (Fsp3) is 0.111. The van der Waals surface area contributed by atoms with Gasteiger partial charge in [0.05, 0.1) is 0 Å². The van der Waals surface area contributed by atoms with Gasteiger partial charge >= 0.3 is 0 Å². The lowest BCUT2D eigenvalue weighted by Crippen LogP contribution is -2.14. The first-order valence-corrected chi connectivity index (χ1v) is 11.1. The molecule has 0 saturated heterocycles. The Labute approximate surface area is 176 Å². The van der Waals surface area contributed by atoms with Crippen molar-refractivity contribution in [2.75, 3.05) is 11.6 Å². The van der Waals surface area contributed by atoms with E-state index in [1.165, 1.54) is 6.08 Å². The number of nitrogens with one attached hydrogen (secondary N) is 1. The molecule has 0 aliphatic carbocycles. The topological polar surface area (TPSA) is 118 Å². The van der Waals surface area contributed by atoms with Crippen LogP contribution in [-0.2, 0) is 14.6 Å². The van der Waals surface area contributed by atoms with E-state index < -0.39 is 15.7 Å². The van der Waals surface area contributed by atoms with Crippen molar-refractivity contribution in [2.45, 2.75) is 12.1 Å². The van der Waals surface area contributed by atoms with Crippen molar-refractivity contribution in [1.82, 2.24) is 13.9 Å². The van der Waals surface area contributed by atoms with Crippen LogP contribution in [0.25, 0.3) is 11.8 Å². The van der Waals surface area contributed by atoms with Gasteiger partial charge in [-0.15, -0.1) is 0 Å². The minimum atomic E-state index is -3.58. The van der Waals surface area contributed by atoms with E-state index in [9.17, 15) is 18.5 Å². The number of anilines is 1. The monoisotopic (exact) mass is 447 g/mol. The molecule has 0 saturated carbocycles. The molecule has 1 amide bonds. The normalized spacial score (nSPS) is 11.9. The summed E-state index contributed by atoms with van der Waals surface area (Å²) >= 11 is 6.91. The van der Waals surface area contributed by atoms with E-state index in [0.29, 0.717) is 22.2 Å². The zero-order valence-electron chi connectivity index (χ0n) is 15.2. The van der Waals surface area contributed by atoms with Gasteiger partial charge in [0, 0.05) is 40.4 Å². The van der Waals surface area contributed by atoms with Crippen LogP contribution in [0, 0.1) is 18.3 Å². The van der Waals surface area contributed by atoms with Gasteiger partial charge in [0.15, 0.2) is 0 Å². The van der Waals surface area contributed by atoms with Crippen molar-refractivity contribution in [2.24, 2.45) is 0 Å². The van der Waals surface area contributed by atoms with E-state index in [4.69, 9.17) is 11.6 Å². The molecule has 3 rings (SSSR count). The fourth-order valence-electron chi connectivity index (χ4n) is 2.35. The molecule has 11 heteroatoms. The van der Waals surface area contributed by atoms with Crippen molar-refractivity contribution in [3.63, 3.8) is 0 Å². The average Bonchev–Trinajstić information content (AvgIpc) is 3.31. The summed E-state index contributed by atoms with van der Waals surface area (Å²) < 4.78 is 28.3. The molecule has 2 aromatic heterocycles. The lowest BCUT2D eigenvalue weighted by molar-refractivity contribution is -0.112. The highest BCUT2D eigenvalue weighted by molar-refractivity contribution is 7.90. The van der Waals surface area contributed by atoms with Crippen LogP contribution >= 0.6 is 23.1 Å². The number of benzene rings is 1. The van der Waals surface area contributed by atoms with Gasteiger partial charge in [-0.25, -0.2) is 8.42 Å². The molecule has 2 heterocycles. The molecule has 1 aromatic carbocycles. The number of nitriles is 1. The number of aromatic nitrogens is 3. The second-order valence-corrected chi connectivity index (χ2v) is 9.08. The molecular formula is C18H14ClN5O3S2. The number of carbonyl (C=O) groups is 1. The van der Waals surface area contributed by atoms with Crippen LogP contribution in [0.5, 0.6) is 0 Å². The summed E-state index contributed by atoms with van der Waals surface area (Å²) in [5.74, 6) is -0.724. The summed E-state index contributed by atoms with van der Waals surface area (Å²) in [5.41, 5.74) is 2.11. The second kappa shape index (κ2) is 8.16. The average molecular weight is 448 g/mol. The van der Waals surface area contributed by atoms with E-state index in [1.54, 1.807) is 29.0 Å². The molecule has 148 valence electrons. The minimum Gasteiger partial charge on any atom is -0.317 e. The number of sulfone groups is 1. The summed E-state index contributed by atoms with van der Waals surface area (Å²) in [6, 6.07) is 10.9. The molecule has 0 radical (unpaired) electrons. The molecule has 0 atom stereocenters. The maximum absolute atomic E-state index is 12.4. The van der Waals surface area contributed by atoms with Gasteiger partial charge in [0.2, 0.25) is 15.0 Å². The summed E-state index contributed by atoms with van der Waals surface area (Å²) in [7, 11) is -3.58. The lowest BCUT2D eigenvalue weighted by Gasteiger charge is -2.09. The maximum atomic E-state index is 12.4. The van der Waals surface area contributed by atoms with Crippen LogP contribution in [0.4, 0.5) is 5.13 Å². The summed E-state index contributed by atoms with van der Waals surface area (Å²) in [4.78, 5) is 16.2. The first-order valence-electron chi connectivity index (χ1n) is 8.10. The van der Waals surface area contributed by atoms with Gasteiger partial charge in [0.25, 0.3) is 11.1 Å². The maximum Gasteiger partial charge on any atom is 0.268 e. The second-order valence-electron chi connectivity index (χ2n) is 6.01. The van der Waals surface area contributed by atoms with Crippen LogP contribution in [0.3, 0.4) is 0 Å². The standard InChI is InChI=1S/C18H14ClN5O3S2/c1-11-5-6-14(9-15(11)19)24-7-3-4-13(24)8-12(10-20)16(25)21-17-22-18(23-28-17)29(2,26)27/h3-9H,1-2H3,(H,21,22,23,25). The first-order chi connectivity index (χ1) is 13.7. The van der Waals surface area contributed by atoms with Gasteiger partial charge in [-0.2, -0.15) is 14.6 Å². The Morgan fingerprint density at radius 3 is 2.76 bits per heavy atom. The number of hydrogen-bond acceptors (Lipinski definition) is 7. The van der Waals surface area contributed by atoms with Gasteiger partial charge in [-0.05, 0) is 42.8 Å². The number of rotatable bonds is 5. The Morgan fingerprint density at radius 1 is 1.38 bits per heavy atom. The Bertz CT molecular complexity index is 1270. The molecule has 0 fully saturated rings. The van der Waals surface area contributed by atoms with E-state index in [1.807, 2.05) is 25.1 Å². The molecule has 0 bridgehead atoms. The number of amides is 1. The Balaban J connectivity index is 1.88. The zero-order chi connectivity index (χ0) is 21.2. The first kappa shape index (κ1) is 20.7. The largest absolute Gasteiger partial charge is 0.317 e. The Hall–Kier alpha value is -3.00. The zero-order valence-corrected chi connectivity index (χ0v) is 17.6. The molecule has 29 heavy (non-hydrogen) atoms. The Kier molecular flexibility index (Phi) is 5.83. The van der Waals surface area contributed by atoms with Gasteiger partial charge in [0.1, 0.15) is 11.6 Å². The summed E-state index contributed by atoms with van der Waals surface area (Å²) in [5, 5.41) is 12.0. The number of hydrogen-bond donors (Lipinski definition) is 1. The molecule has 0 spiro atoms. The van der Waals surface area contributed by atoms with Crippen LogP contribution in [-0.4, -0.2) is 34.5 Å². The fourth-order valence-corrected chi connectivity index (χ4v) is 3.96. The minimum absolute atomic E-state index is 0.0164. The Morgan fingerprint density at radius 2 is 2.14 bits per heavy atom. The van der Waals surface area contributed by atoms with Crippen molar-refractivity contribution in [3.05, 3.63) is 58.4 Å². The third-order valence-corrected chi connectivity index (χ3v) is 5.83. The SMILES string of the molecule is Cc1ccc(-n2cccc2C=C(C#N)C(=O)Nc2nc(S(C)(=O)=O)ns2)cc1Cl. The van der Waals surface area contributed by atoms with E-state index >= 15 is 0 Å². The number of halogens is 1.